The Balaban J connectivity index is 1.76. The highest BCUT2D eigenvalue weighted by Gasteiger charge is 2.34. The van der Waals surface area contributed by atoms with Crippen molar-refractivity contribution in [3.05, 3.63) is 35.4 Å². The molecule has 20 heavy (non-hydrogen) atoms. The number of rotatable bonds is 2. The third-order valence-corrected chi connectivity index (χ3v) is 6.06. The van der Waals surface area contributed by atoms with E-state index >= 15 is 0 Å². The summed E-state index contributed by atoms with van der Waals surface area (Å²) in [6.07, 6.45) is 7.89. The minimum absolute atomic E-state index is 0.367. The molecule has 1 aromatic carbocycles. The van der Waals surface area contributed by atoms with E-state index < -0.39 is 0 Å². The topological polar surface area (TPSA) is 26.0 Å². The van der Waals surface area contributed by atoms with Gasteiger partial charge in [-0.25, -0.2) is 0 Å². The molecule has 1 nitrogen and oxygen atoms in total. The molecule has 1 aromatic rings. The quantitative estimate of drug-likeness (QED) is 0.841. The largest absolute Gasteiger partial charge is 0.327 e. The van der Waals surface area contributed by atoms with E-state index in [4.69, 9.17) is 5.73 Å². The Morgan fingerprint density at radius 1 is 1.05 bits per heavy atom. The summed E-state index contributed by atoms with van der Waals surface area (Å²) in [6, 6.07) is 9.37. The van der Waals surface area contributed by atoms with Gasteiger partial charge in [-0.2, -0.15) is 0 Å². The minimum Gasteiger partial charge on any atom is -0.327 e. The van der Waals surface area contributed by atoms with E-state index in [1.165, 1.54) is 38.5 Å². The van der Waals surface area contributed by atoms with Crippen molar-refractivity contribution in [2.75, 3.05) is 0 Å². The summed E-state index contributed by atoms with van der Waals surface area (Å²) in [4.78, 5) is 0. The zero-order valence-corrected chi connectivity index (χ0v) is 13.0. The van der Waals surface area contributed by atoms with Gasteiger partial charge >= 0.3 is 0 Å². The van der Waals surface area contributed by atoms with Gasteiger partial charge in [0.15, 0.2) is 0 Å². The van der Waals surface area contributed by atoms with Crippen molar-refractivity contribution in [2.24, 2.45) is 23.5 Å². The van der Waals surface area contributed by atoms with Crippen LogP contribution in [0.2, 0.25) is 0 Å². The van der Waals surface area contributed by atoms with Crippen LogP contribution in [0.3, 0.4) is 0 Å². The predicted molar refractivity (Wildman–Crippen MR) is 85.8 cm³/mol. The van der Waals surface area contributed by atoms with Crippen molar-refractivity contribution in [1.29, 1.82) is 0 Å². The fourth-order valence-corrected chi connectivity index (χ4v) is 4.46. The van der Waals surface area contributed by atoms with Crippen LogP contribution in [0.25, 0.3) is 0 Å². The summed E-state index contributed by atoms with van der Waals surface area (Å²) in [5.41, 5.74) is 9.85. The van der Waals surface area contributed by atoms with Crippen molar-refractivity contribution in [3.8, 4) is 0 Å². The molecule has 0 amide bonds. The second kappa shape index (κ2) is 5.89. The van der Waals surface area contributed by atoms with Crippen LogP contribution in [0.1, 0.15) is 63.0 Å². The van der Waals surface area contributed by atoms with Crippen LogP contribution >= 0.6 is 0 Å². The summed E-state index contributed by atoms with van der Waals surface area (Å²) >= 11 is 0. The molecule has 3 rings (SSSR count). The Hall–Kier alpha value is -0.820. The molecular formula is C19H29N. The van der Waals surface area contributed by atoms with Gasteiger partial charge in [-0.1, -0.05) is 44.5 Å². The standard InChI is InChI=1S/C19H29N/c1-13-10-11-16(12-14(13)2)19(20)18-9-5-7-15-6-3-4-8-17(15)18/h3-4,6,8,13-14,16,18-19H,5,7,9-12,20H2,1-2H3. The van der Waals surface area contributed by atoms with Gasteiger partial charge in [0.2, 0.25) is 0 Å². The van der Waals surface area contributed by atoms with Crippen molar-refractivity contribution in [1.82, 2.24) is 0 Å². The normalized spacial score (nSPS) is 35.4. The lowest BCUT2D eigenvalue weighted by molar-refractivity contribution is 0.171. The molecule has 0 spiro atoms. The van der Waals surface area contributed by atoms with Crippen LogP contribution in [0.5, 0.6) is 0 Å². The maximum absolute atomic E-state index is 6.75. The Morgan fingerprint density at radius 3 is 2.65 bits per heavy atom. The van der Waals surface area contributed by atoms with Gasteiger partial charge in [-0.3, -0.25) is 0 Å². The maximum atomic E-state index is 6.75. The summed E-state index contributed by atoms with van der Waals surface area (Å²) in [5.74, 6) is 3.07. The number of hydrogen-bond donors (Lipinski definition) is 1. The minimum atomic E-state index is 0.367. The van der Waals surface area contributed by atoms with Gasteiger partial charge < -0.3 is 5.73 Å². The first kappa shape index (κ1) is 14.1. The smallest absolute Gasteiger partial charge is 0.0136 e. The fraction of sp³-hybridized carbons (Fsp3) is 0.684. The van der Waals surface area contributed by atoms with Gasteiger partial charge in [-0.15, -0.1) is 0 Å². The third kappa shape index (κ3) is 2.65. The van der Waals surface area contributed by atoms with Crippen molar-refractivity contribution in [2.45, 2.75) is 64.3 Å². The third-order valence-electron chi connectivity index (χ3n) is 6.06. The predicted octanol–water partition coefficient (Wildman–Crippen LogP) is 4.51. The Kier molecular flexibility index (Phi) is 4.16. The SMILES string of the molecule is CC1CCC(C(N)C2CCCc3ccccc32)CC1C. The lowest BCUT2D eigenvalue weighted by Gasteiger charge is -2.40. The molecule has 0 bridgehead atoms. The average Bonchev–Trinajstić information content (AvgIpc) is 2.49. The van der Waals surface area contributed by atoms with E-state index in [0.717, 1.165) is 17.8 Å². The maximum Gasteiger partial charge on any atom is 0.0136 e. The number of aryl methyl sites for hydroxylation is 1. The average molecular weight is 271 g/mol. The summed E-state index contributed by atoms with van der Waals surface area (Å²) in [5, 5.41) is 0. The van der Waals surface area contributed by atoms with Crippen molar-refractivity contribution in [3.63, 3.8) is 0 Å². The lowest BCUT2D eigenvalue weighted by Crippen LogP contribution is -2.41. The number of hydrogen-bond acceptors (Lipinski definition) is 1. The van der Waals surface area contributed by atoms with Crippen LogP contribution in [0, 0.1) is 17.8 Å². The molecular weight excluding hydrogens is 242 g/mol. The Morgan fingerprint density at radius 2 is 1.85 bits per heavy atom. The molecule has 1 fully saturated rings. The molecule has 2 N–H and O–H groups in total. The molecule has 1 saturated carbocycles. The molecule has 110 valence electrons. The molecule has 0 aromatic heterocycles. The molecule has 2 aliphatic rings. The number of fused-ring (bicyclic) bond motifs is 1. The van der Waals surface area contributed by atoms with Gasteiger partial charge in [0.1, 0.15) is 0 Å². The van der Waals surface area contributed by atoms with Crippen LogP contribution in [0.15, 0.2) is 24.3 Å². The van der Waals surface area contributed by atoms with Gasteiger partial charge in [0, 0.05) is 6.04 Å². The van der Waals surface area contributed by atoms with Crippen LogP contribution in [-0.2, 0) is 6.42 Å². The van der Waals surface area contributed by atoms with Crippen molar-refractivity contribution >= 4 is 0 Å². The molecule has 0 saturated heterocycles. The first-order valence-corrected chi connectivity index (χ1v) is 8.50. The van der Waals surface area contributed by atoms with Crippen molar-refractivity contribution < 1.29 is 0 Å². The van der Waals surface area contributed by atoms with E-state index in [9.17, 15) is 0 Å². The highest BCUT2D eigenvalue weighted by molar-refractivity contribution is 5.33. The van der Waals surface area contributed by atoms with Gasteiger partial charge in [0.05, 0.1) is 0 Å². The van der Waals surface area contributed by atoms with E-state index in [0.29, 0.717) is 12.0 Å². The molecule has 5 atom stereocenters. The number of nitrogens with two attached hydrogens (primary N) is 1. The molecule has 0 aliphatic heterocycles. The second-order valence-corrected chi connectivity index (χ2v) is 7.30. The summed E-state index contributed by atoms with van der Waals surface area (Å²) < 4.78 is 0. The monoisotopic (exact) mass is 271 g/mol. The second-order valence-electron chi connectivity index (χ2n) is 7.30. The zero-order valence-electron chi connectivity index (χ0n) is 13.0. The lowest BCUT2D eigenvalue weighted by atomic mass is 9.68. The Bertz CT molecular complexity index is 453. The Labute approximate surface area is 124 Å². The molecule has 0 radical (unpaired) electrons. The highest BCUT2D eigenvalue weighted by atomic mass is 14.7. The van der Waals surface area contributed by atoms with E-state index in [1.807, 2.05) is 0 Å². The van der Waals surface area contributed by atoms with Crippen LogP contribution < -0.4 is 5.73 Å². The zero-order chi connectivity index (χ0) is 14.1. The summed E-state index contributed by atoms with van der Waals surface area (Å²) in [6.45, 7) is 4.82. The van der Waals surface area contributed by atoms with E-state index in [-0.39, 0.29) is 0 Å². The molecule has 5 unspecified atom stereocenters. The van der Waals surface area contributed by atoms with Gasteiger partial charge in [-0.05, 0) is 66.9 Å². The molecule has 1 heteroatoms. The first-order valence-electron chi connectivity index (χ1n) is 8.50. The molecule has 0 heterocycles. The van der Waals surface area contributed by atoms with E-state index in [1.54, 1.807) is 11.1 Å². The van der Waals surface area contributed by atoms with E-state index in [2.05, 4.69) is 38.1 Å². The molecule has 2 aliphatic carbocycles. The van der Waals surface area contributed by atoms with Gasteiger partial charge in [0.25, 0.3) is 0 Å². The van der Waals surface area contributed by atoms with Crippen LogP contribution in [0.4, 0.5) is 0 Å². The fourth-order valence-electron chi connectivity index (χ4n) is 4.46. The first-order chi connectivity index (χ1) is 9.66. The van der Waals surface area contributed by atoms with Crippen LogP contribution in [-0.4, -0.2) is 6.04 Å². The highest BCUT2D eigenvalue weighted by Crippen LogP contribution is 2.41. The number of benzene rings is 1. The summed E-state index contributed by atoms with van der Waals surface area (Å²) in [7, 11) is 0.